The predicted octanol–water partition coefficient (Wildman–Crippen LogP) is 2.50. The van der Waals surface area contributed by atoms with Gasteiger partial charge in [-0.15, -0.1) is 8.78 Å². The van der Waals surface area contributed by atoms with E-state index in [1.807, 2.05) is 14.1 Å². The lowest BCUT2D eigenvalue weighted by Gasteiger charge is -2.10. The van der Waals surface area contributed by atoms with Crippen molar-refractivity contribution in [3.63, 3.8) is 0 Å². The van der Waals surface area contributed by atoms with Crippen LogP contribution in [0.1, 0.15) is 12.0 Å². The summed E-state index contributed by atoms with van der Waals surface area (Å²) in [7, 11) is 3.95. The summed E-state index contributed by atoms with van der Waals surface area (Å²) < 4.78 is 34.7. The van der Waals surface area contributed by atoms with E-state index in [9.17, 15) is 8.78 Å². The van der Waals surface area contributed by atoms with Gasteiger partial charge >= 0.3 is 6.29 Å². The fourth-order valence-electron chi connectivity index (χ4n) is 1.81. The first-order valence-corrected chi connectivity index (χ1v) is 5.50. The van der Waals surface area contributed by atoms with E-state index in [2.05, 4.69) is 14.4 Å². The molecular formula is C12H15F2NO2. The Labute approximate surface area is 98.9 Å². The van der Waals surface area contributed by atoms with Gasteiger partial charge in [0, 0.05) is 0 Å². The number of alkyl halides is 2. The molecule has 1 heterocycles. The molecule has 0 saturated heterocycles. The number of hydrogen-bond acceptors (Lipinski definition) is 3. The number of para-hydroxylation sites is 1. The maximum absolute atomic E-state index is 12.9. The lowest BCUT2D eigenvalue weighted by atomic mass is 10.1. The number of rotatable bonds is 4. The molecule has 0 atom stereocenters. The van der Waals surface area contributed by atoms with E-state index in [0.717, 1.165) is 18.5 Å². The van der Waals surface area contributed by atoms with Gasteiger partial charge < -0.3 is 14.4 Å². The average Bonchev–Trinajstić information content (AvgIpc) is 2.52. The normalized spacial score (nSPS) is 16.5. The molecule has 1 aromatic carbocycles. The maximum atomic E-state index is 12.9. The molecule has 0 N–H and O–H groups in total. The zero-order chi connectivity index (χ0) is 12.5. The second-order valence-corrected chi connectivity index (χ2v) is 4.32. The highest BCUT2D eigenvalue weighted by Crippen LogP contribution is 2.43. The van der Waals surface area contributed by atoms with Gasteiger partial charge in [-0.25, -0.2) is 0 Å². The van der Waals surface area contributed by atoms with E-state index in [1.54, 1.807) is 12.1 Å². The van der Waals surface area contributed by atoms with Crippen molar-refractivity contribution < 1.29 is 18.3 Å². The first kappa shape index (κ1) is 12.1. The van der Waals surface area contributed by atoms with Crippen molar-refractivity contribution in [3.05, 3.63) is 23.8 Å². The molecule has 17 heavy (non-hydrogen) atoms. The van der Waals surface area contributed by atoms with Crippen LogP contribution in [0.15, 0.2) is 18.2 Å². The van der Waals surface area contributed by atoms with Gasteiger partial charge in [0.05, 0.1) is 0 Å². The zero-order valence-electron chi connectivity index (χ0n) is 9.87. The second-order valence-electron chi connectivity index (χ2n) is 4.32. The van der Waals surface area contributed by atoms with Gasteiger partial charge in [0.2, 0.25) is 0 Å². The molecule has 1 aromatic rings. The SMILES string of the molecule is CN(C)CCCc1cccc2c1OC(F)(F)O2. The largest absolute Gasteiger partial charge is 0.586 e. The Morgan fingerprint density at radius 2 is 2.00 bits per heavy atom. The van der Waals surface area contributed by atoms with Crippen molar-refractivity contribution >= 4 is 0 Å². The fourth-order valence-corrected chi connectivity index (χ4v) is 1.81. The highest BCUT2D eigenvalue weighted by atomic mass is 19.3. The molecule has 1 aliphatic rings. The average molecular weight is 243 g/mol. The van der Waals surface area contributed by atoms with Crippen molar-refractivity contribution in [3.8, 4) is 11.5 Å². The Morgan fingerprint density at radius 3 is 2.71 bits per heavy atom. The first-order valence-electron chi connectivity index (χ1n) is 5.50. The molecule has 5 heteroatoms. The summed E-state index contributed by atoms with van der Waals surface area (Å²) in [5.41, 5.74) is 0.765. The molecule has 0 bridgehead atoms. The van der Waals surface area contributed by atoms with Gasteiger partial charge in [-0.3, -0.25) is 0 Å². The lowest BCUT2D eigenvalue weighted by Crippen LogP contribution is -2.26. The Morgan fingerprint density at radius 1 is 1.24 bits per heavy atom. The summed E-state index contributed by atoms with van der Waals surface area (Å²) in [6, 6.07) is 4.99. The summed E-state index contributed by atoms with van der Waals surface area (Å²) in [5, 5.41) is 0. The van der Waals surface area contributed by atoms with Crippen molar-refractivity contribution in [1.29, 1.82) is 0 Å². The van der Waals surface area contributed by atoms with Gasteiger partial charge in [0.15, 0.2) is 11.5 Å². The molecule has 1 aliphatic heterocycles. The van der Waals surface area contributed by atoms with E-state index < -0.39 is 6.29 Å². The highest BCUT2D eigenvalue weighted by Gasteiger charge is 2.44. The van der Waals surface area contributed by atoms with Crippen molar-refractivity contribution in [2.75, 3.05) is 20.6 Å². The monoisotopic (exact) mass is 243 g/mol. The summed E-state index contributed by atoms with van der Waals surface area (Å²) >= 11 is 0. The van der Waals surface area contributed by atoms with Crippen molar-refractivity contribution in [1.82, 2.24) is 4.90 Å². The molecule has 0 radical (unpaired) electrons. The molecule has 0 unspecified atom stereocenters. The van der Waals surface area contributed by atoms with Gasteiger partial charge in [-0.05, 0) is 45.1 Å². The third kappa shape index (κ3) is 2.85. The minimum atomic E-state index is -3.53. The quantitative estimate of drug-likeness (QED) is 0.811. The molecule has 94 valence electrons. The number of ether oxygens (including phenoxy) is 2. The maximum Gasteiger partial charge on any atom is 0.586 e. The molecule has 3 nitrogen and oxygen atoms in total. The van der Waals surface area contributed by atoms with Gasteiger partial charge in [-0.2, -0.15) is 0 Å². The van der Waals surface area contributed by atoms with Crippen LogP contribution in [0.3, 0.4) is 0 Å². The predicted molar refractivity (Wildman–Crippen MR) is 59.5 cm³/mol. The number of hydrogen-bond donors (Lipinski definition) is 0. The number of aryl methyl sites for hydroxylation is 1. The van der Waals surface area contributed by atoms with Crippen LogP contribution in [0.4, 0.5) is 8.78 Å². The molecule has 0 saturated carbocycles. The van der Waals surface area contributed by atoms with Crippen LogP contribution in [0.2, 0.25) is 0 Å². The molecule has 0 amide bonds. The Bertz CT molecular complexity index is 407. The number of fused-ring (bicyclic) bond motifs is 1. The minimum absolute atomic E-state index is 0.123. The van der Waals surface area contributed by atoms with E-state index in [-0.39, 0.29) is 11.5 Å². The van der Waals surface area contributed by atoms with Crippen LogP contribution in [0, 0.1) is 0 Å². The van der Waals surface area contributed by atoms with E-state index in [4.69, 9.17) is 0 Å². The Balaban J connectivity index is 2.08. The van der Waals surface area contributed by atoms with E-state index in [0.29, 0.717) is 6.42 Å². The van der Waals surface area contributed by atoms with Gasteiger partial charge in [0.1, 0.15) is 0 Å². The molecule has 0 fully saturated rings. The van der Waals surface area contributed by atoms with Gasteiger partial charge in [0.25, 0.3) is 0 Å². The van der Waals surface area contributed by atoms with Crippen LogP contribution in [0.25, 0.3) is 0 Å². The third-order valence-electron chi connectivity index (χ3n) is 2.56. The van der Waals surface area contributed by atoms with Crippen LogP contribution in [0.5, 0.6) is 11.5 Å². The third-order valence-corrected chi connectivity index (χ3v) is 2.56. The highest BCUT2D eigenvalue weighted by molar-refractivity contribution is 5.48. The number of nitrogens with zero attached hydrogens (tertiary/aromatic N) is 1. The Kier molecular flexibility index (Phi) is 3.19. The molecule has 0 aromatic heterocycles. The van der Waals surface area contributed by atoms with Crippen LogP contribution >= 0.6 is 0 Å². The van der Waals surface area contributed by atoms with Gasteiger partial charge in [-0.1, -0.05) is 12.1 Å². The van der Waals surface area contributed by atoms with Crippen LogP contribution in [-0.2, 0) is 6.42 Å². The Hall–Kier alpha value is -1.36. The fraction of sp³-hybridized carbons (Fsp3) is 0.500. The molecule has 0 spiro atoms. The van der Waals surface area contributed by atoms with Crippen LogP contribution < -0.4 is 9.47 Å². The van der Waals surface area contributed by atoms with Crippen LogP contribution in [-0.4, -0.2) is 31.8 Å². The standard InChI is InChI=1S/C12H15F2NO2/c1-15(2)8-4-6-9-5-3-7-10-11(9)17-12(13,14)16-10/h3,5,7H,4,6,8H2,1-2H3. The summed E-state index contributed by atoms with van der Waals surface area (Å²) in [6.07, 6.45) is -1.95. The molecule has 0 aliphatic carbocycles. The lowest BCUT2D eigenvalue weighted by molar-refractivity contribution is -0.286. The van der Waals surface area contributed by atoms with Crippen molar-refractivity contribution in [2.45, 2.75) is 19.1 Å². The number of halogens is 2. The zero-order valence-corrected chi connectivity index (χ0v) is 9.87. The number of benzene rings is 1. The summed E-state index contributed by atoms with van der Waals surface area (Å²) in [6.45, 7) is 0.904. The van der Waals surface area contributed by atoms with E-state index in [1.165, 1.54) is 6.07 Å². The summed E-state index contributed by atoms with van der Waals surface area (Å²) in [5.74, 6) is 0.300. The second kappa shape index (κ2) is 4.49. The summed E-state index contributed by atoms with van der Waals surface area (Å²) in [4.78, 5) is 2.05. The van der Waals surface area contributed by atoms with E-state index >= 15 is 0 Å². The van der Waals surface area contributed by atoms with Crippen molar-refractivity contribution in [2.24, 2.45) is 0 Å². The molecular weight excluding hydrogens is 228 g/mol. The minimum Gasteiger partial charge on any atom is -0.395 e. The topological polar surface area (TPSA) is 21.7 Å². The first-order chi connectivity index (χ1) is 7.98. The molecule has 2 rings (SSSR count). The smallest absolute Gasteiger partial charge is 0.395 e.